The highest BCUT2D eigenvalue weighted by atomic mass is 16.2. The van der Waals surface area contributed by atoms with Gasteiger partial charge in [0.15, 0.2) is 0 Å². The minimum Gasteiger partial charge on any atom is -0.359 e. The van der Waals surface area contributed by atoms with Gasteiger partial charge in [0.25, 0.3) is 5.91 Å². The number of piperidine rings is 1. The first-order chi connectivity index (χ1) is 13.4. The highest BCUT2D eigenvalue weighted by molar-refractivity contribution is 5.94. The van der Waals surface area contributed by atoms with Crippen molar-refractivity contribution in [3.63, 3.8) is 0 Å². The van der Waals surface area contributed by atoms with E-state index in [-0.39, 0.29) is 29.1 Å². The summed E-state index contributed by atoms with van der Waals surface area (Å²) in [7, 11) is 1.69. The molecule has 0 aromatic carbocycles. The minimum absolute atomic E-state index is 0.0234. The molecule has 1 aliphatic carbocycles. The van der Waals surface area contributed by atoms with Gasteiger partial charge in [-0.25, -0.2) is 0 Å². The number of hydrogen-bond acceptors (Lipinski definition) is 4. The molecule has 2 atom stereocenters. The molecule has 28 heavy (non-hydrogen) atoms. The van der Waals surface area contributed by atoms with Gasteiger partial charge in [-0.3, -0.25) is 19.4 Å². The average molecular weight is 384 g/mol. The molecule has 1 saturated carbocycles. The number of carbonyl (C=O) groups excluding carboxylic acids is 3. The third kappa shape index (κ3) is 2.79. The lowest BCUT2D eigenvalue weighted by Crippen LogP contribution is -2.49. The van der Waals surface area contributed by atoms with Crippen LogP contribution in [0.4, 0.5) is 0 Å². The number of hydrogen-bond donors (Lipinski definition) is 1. The Labute approximate surface area is 165 Å². The van der Waals surface area contributed by atoms with Crippen molar-refractivity contribution in [3.05, 3.63) is 30.1 Å². The van der Waals surface area contributed by atoms with Crippen molar-refractivity contribution in [3.8, 4) is 0 Å². The fourth-order valence-corrected chi connectivity index (χ4v) is 5.85. The normalized spacial score (nSPS) is 28.3. The van der Waals surface area contributed by atoms with Crippen LogP contribution in [0.2, 0.25) is 0 Å². The van der Waals surface area contributed by atoms with Crippen LogP contribution in [0.5, 0.6) is 0 Å². The van der Waals surface area contributed by atoms with Crippen molar-refractivity contribution in [1.29, 1.82) is 0 Å². The number of likely N-dealkylation sites (tertiary alicyclic amines) is 2. The molecule has 3 fully saturated rings. The van der Waals surface area contributed by atoms with E-state index in [1.807, 2.05) is 9.80 Å². The largest absolute Gasteiger partial charge is 0.359 e. The van der Waals surface area contributed by atoms with E-state index in [9.17, 15) is 14.4 Å². The quantitative estimate of drug-likeness (QED) is 0.833. The van der Waals surface area contributed by atoms with Crippen molar-refractivity contribution >= 4 is 17.7 Å². The van der Waals surface area contributed by atoms with E-state index in [2.05, 4.69) is 10.3 Å². The highest BCUT2D eigenvalue weighted by Crippen LogP contribution is 2.62. The number of pyridine rings is 1. The smallest absolute Gasteiger partial charge is 0.255 e. The summed E-state index contributed by atoms with van der Waals surface area (Å²) in [5.74, 6) is 0.291. The van der Waals surface area contributed by atoms with E-state index in [1.165, 1.54) is 0 Å². The standard InChI is InChI=1S/C21H28N4O3/c1-15(26)25-13-17-20(5-6-21(17,14-25)19(28)22-2)7-10-24(11-8-20)18(27)16-4-3-9-23-12-16/h3-4,9,12,17H,5-8,10-11,13-14H2,1-2H3,(H,22,28)/t17-,21+/m0/s1. The number of aromatic nitrogens is 1. The molecule has 0 unspecified atom stereocenters. The summed E-state index contributed by atoms with van der Waals surface area (Å²) in [5.41, 5.74) is 0.173. The summed E-state index contributed by atoms with van der Waals surface area (Å²) in [4.78, 5) is 45.4. The zero-order valence-electron chi connectivity index (χ0n) is 16.6. The highest BCUT2D eigenvalue weighted by Gasteiger charge is 2.64. The van der Waals surface area contributed by atoms with E-state index < -0.39 is 5.41 Å². The molecule has 2 saturated heterocycles. The monoisotopic (exact) mass is 384 g/mol. The Bertz CT molecular complexity index is 788. The van der Waals surface area contributed by atoms with Crippen LogP contribution in [0.1, 0.15) is 43.0 Å². The van der Waals surface area contributed by atoms with Crippen LogP contribution in [0, 0.1) is 16.7 Å². The van der Waals surface area contributed by atoms with Crippen LogP contribution in [0.15, 0.2) is 24.5 Å². The van der Waals surface area contributed by atoms with E-state index in [0.717, 1.165) is 25.7 Å². The van der Waals surface area contributed by atoms with Crippen molar-refractivity contribution in [2.24, 2.45) is 16.7 Å². The van der Waals surface area contributed by atoms with Crippen LogP contribution in [-0.2, 0) is 9.59 Å². The predicted octanol–water partition coefficient (Wildman–Crippen LogP) is 1.31. The maximum atomic E-state index is 12.8. The number of rotatable bonds is 2. The Morgan fingerprint density at radius 3 is 2.50 bits per heavy atom. The van der Waals surface area contributed by atoms with Gasteiger partial charge in [0.05, 0.1) is 11.0 Å². The van der Waals surface area contributed by atoms with Crippen molar-refractivity contribution in [2.75, 3.05) is 33.2 Å². The summed E-state index contributed by atoms with van der Waals surface area (Å²) in [6.07, 6.45) is 6.85. The third-order valence-corrected chi connectivity index (χ3v) is 7.43. The first kappa shape index (κ1) is 18.9. The van der Waals surface area contributed by atoms with Crippen LogP contribution >= 0.6 is 0 Å². The Hall–Kier alpha value is -2.44. The first-order valence-corrected chi connectivity index (χ1v) is 10.1. The zero-order chi connectivity index (χ0) is 19.9. The number of nitrogens with zero attached hydrogens (tertiary/aromatic N) is 3. The Balaban J connectivity index is 1.53. The van der Waals surface area contributed by atoms with Crippen LogP contribution < -0.4 is 5.32 Å². The molecule has 0 radical (unpaired) electrons. The molecular formula is C21H28N4O3. The molecule has 3 amide bonds. The summed E-state index contributed by atoms with van der Waals surface area (Å²) in [6, 6.07) is 3.58. The van der Waals surface area contributed by atoms with Gasteiger partial charge in [-0.2, -0.15) is 0 Å². The third-order valence-electron chi connectivity index (χ3n) is 7.43. The lowest BCUT2D eigenvalue weighted by molar-refractivity contribution is -0.133. The van der Waals surface area contributed by atoms with E-state index in [1.54, 1.807) is 38.5 Å². The minimum atomic E-state index is -0.476. The molecule has 3 heterocycles. The second-order valence-corrected chi connectivity index (χ2v) is 8.58. The number of amides is 3. The molecule has 2 aliphatic heterocycles. The molecule has 1 N–H and O–H groups in total. The van der Waals surface area contributed by atoms with Crippen molar-refractivity contribution < 1.29 is 14.4 Å². The average Bonchev–Trinajstić information content (AvgIpc) is 3.26. The molecule has 0 bridgehead atoms. The van der Waals surface area contributed by atoms with Gasteiger partial charge in [-0.05, 0) is 49.1 Å². The SMILES string of the molecule is CNC(=O)[C@@]12CCC3(CCN(C(=O)c4cccnc4)CC3)[C@@H]1CN(C(C)=O)C2. The fraction of sp³-hybridized carbons (Fsp3) is 0.619. The number of fused-ring (bicyclic) bond motifs is 2. The van der Waals surface area contributed by atoms with E-state index >= 15 is 0 Å². The summed E-state index contributed by atoms with van der Waals surface area (Å²) < 4.78 is 0. The fourth-order valence-electron chi connectivity index (χ4n) is 5.85. The molecular weight excluding hydrogens is 356 g/mol. The lowest BCUT2D eigenvalue weighted by atomic mass is 9.65. The van der Waals surface area contributed by atoms with Gasteiger partial charge in [0, 0.05) is 52.5 Å². The maximum Gasteiger partial charge on any atom is 0.255 e. The predicted molar refractivity (Wildman–Crippen MR) is 103 cm³/mol. The van der Waals surface area contributed by atoms with E-state index in [0.29, 0.717) is 31.7 Å². The zero-order valence-corrected chi connectivity index (χ0v) is 16.6. The van der Waals surface area contributed by atoms with Crippen LogP contribution in [-0.4, -0.2) is 65.7 Å². The van der Waals surface area contributed by atoms with Gasteiger partial charge in [0.1, 0.15) is 0 Å². The second-order valence-electron chi connectivity index (χ2n) is 8.58. The molecule has 1 spiro atoms. The molecule has 1 aromatic rings. The topological polar surface area (TPSA) is 82.6 Å². The lowest BCUT2D eigenvalue weighted by Gasteiger charge is -2.44. The van der Waals surface area contributed by atoms with Crippen molar-refractivity contribution in [2.45, 2.75) is 32.6 Å². The van der Waals surface area contributed by atoms with E-state index in [4.69, 9.17) is 0 Å². The van der Waals surface area contributed by atoms with Gasteiger partial charge < -0.3 is 15.1 Å². The van der Waals surface area contributed by atoms with Gasteiger partial charge in [-0.15, -0.1) is 0 Å². The molecule has 3 aliphatic rings. The Kier molecular flexibility index (Phi) is 4.63. The molecule has 1 aromatic heterocycles. The molecule has 7 nitrogen and oxygen atoms in total. The molecule has 150 valence electrons. The van der Waals surface area contributed by atoms with Gasteiger partial charge >= 0.3 is 0 Å². The van der Waals surface area contributed by atoms with Crippen LogP contribution in [0.25, 0.3) is 0 Å². The Morgan fingerprint density at radius 1 is 1.14 bits per heavy atom. The summed E-state index contributed by atoms with van der Waals surface area (Å²) in [5, 5.41) is 2.85. The van der Waals surface area contributed by atoms with Gasteiger partial charge in [0.2, 0.25) is 11.8 Å². The second kappa shape index (κ2) is 6.87. The number of nitrogens with one attached hydrogen (secondary N) is 1. The summed E-state index contributed by atoms with van der Waals surface area (Å²) >= 11 is 0. The van der Waals surface area contributed by atoms with Crippen LogP contribution in [0.3, 0.4) is 0 Å². The maximum absolute atomic E-state index is 12.8. The Morgan fingerprint density at radius 2 is 1.89 bits per heavy atom. The van der Waals surface area contributed by atoms with Crippen molar-refractivity contribution in [1.82, 2.24) is 20.1 Å². The molecule has 4 rings (SSSR count). The van der Waals surface area contributed by atoms with Gasteiger partial charge in [-0.1, -0.05) is 0 Å². The number of carbonyl (C=O) groups is 3. The molecule has 7 heteroatoms. The first-order valence-electron chi connectivity index (χ1n) is 10.1. The summed E-state index contributed by atoms with van der Waals surface area (Å²) in [6.45, 7) is 4.13.